The summed E-state index contributed by atoms with van der Waals surface area (Å²) in [5.41, 5.74) is 4.47. The van der Waals surface area contributed by atoms with Gasteiger partial charge in [-0.25, -0.2) is 4.98 Å². The van der Waals surface area contributed by atoms with E-state index in [9.17, 15) is 4.79 Å². The number of hydrogen-bond acceptors (Lipinski definition) is 2. The first-order valence-electron chi connectivity index (χ1n) is 10.3. The van der Waals surface area contributed by atoms with Crippen LogP contribution in [0.25, 0.3) is 22.5 Å². The highest BCUT2D eigenvalue weighted by Gasteiger charge is 2.06. The number of carbonyl (C=O) groups is 1. The van der Waals surface area contributed by atoms with Crippen molar-refractivity contribution >= 4 is 5.91 Å². The summed E-state index contributed by atoms with van der Waals surface area (Å²) < 4.78 is 2.13. The van der Waals surface area contributed by atoms with Gasteiger partial charge in [0.25, 0.3) is 0 Å². The zero-order valence-corrected chi connectivity index (χ0v) is 16.9. The summed E-state index contributed by atoms with van der Waals surface area (Å²) in [4.78, 5) is 16.7. The number of carbonyl (C=O) groups excluding carboxylic acids is 1. The SMILES string of the molecule is O=C(Cc1ccc(-c2ccccc2)cc1)NCCCn1ccnc1-c1ccccc1. The third kappa shape index (κ3) is 5.03. The average Bonchev–Trinajstić information content (AvgIpc) is 3.27. The Balaban J connectivity index is 1.24. The van der Waals surface area contributed by atoms with Gasteiger partial charge in [-0.15, -0.1) is 0 Å². The maximum atomic E-state index is 12.3. The molecule has 0 saturated heterocycles. The molecule has 1 N–H and O–H groups in total. The average molecular weight is 396 g/mol. The Morgan fingerprint density at radius 2 is 1.43 bits per heavy atom. The molecule has 0 aliphatic heterocycles. The van der Waals surface area contributed by atoms with Crippen LogP contribution in [0.4, 0.5) is 0 Å². The van der Waals surface area contributed by atoms with Crippen molar-refractivity contribution in [2.45, 2.75) is 19.4 Å². The van der Waals surface area contributed by atoms with Gasteiger partial charge < -0.3 is 9.88 Å². The van der Waals surface area contributed by atoms with E-state index < -0.39 is 0 Å². The van der Waals surface area contributed by atoms with Crippen molar-refractivity contribution < 1.29 is 4.79 Å². The molecule has 0 spiro atoms. The topological polar surface area (TPSA) is 46.9 Å². The summed E-state index contributed by atoms with van der Waals surface area (Å²) in [6.45, 7) is 1.46. The van der Waals surface area contributed by atoms with Gasteiger partial charge in [-0.05, 0) is 23.1 Å². The Kier molecular flexibility index (Phi) is 6.35. The van der Waals surface area contributed by atoms with Crippen molar-refractivity contribution in [3.8, 4) is 22.5 Å². The fourth-order valence-corrected chi connectivity index (χ4v) is 3.51. The second kappa shape index (κ2) is 9.70. The van der Waals surface area contributed by atoms with E-state index in [1.807, 2.05) is 60.9 Å². The monoisotopic (exact) mass is 395 g/mol. The molecule has 0 aliphatic rings. The van der Waals surface area contributed by atoms with Crippen LogP contribution in [0.1, 0.15) is 12.0 Å². The molecule has 30 heavy (non-hydrogen) atoms. The molecule has 4 rings (SSSR count). The van der Waals surface area contributed by atoms with Crippen molar-refractivity contribution in [3.05, 3.63) is 103 Å². The van der Waals surface area contributed by atoms with Gasteiger partial charge in [0.2, 0.25) is 5.91 Å². The number of hydrogen-bond donors (Lipinski definition) is 1. The number of aryl methyl sites for hydroxylation is 1. The Labute approximate surface area is 177 Å². The van der Waals surface area contributed by atoms with E-state index in [1.54, 1.807) is 0 Å². The van der Waals surface area contributed by atoms with E-state index in [2.05, 4.69) is 51.3 Å². The largest absolute Gasteiger partial charge is 0.356 e. The molecule has 3 aromatic carbocycles. The summed E-state index contributed by atoms with van der Waals surface area (Å²) in [6, 6.07) is 28.6. The van der Waals surface area contributed by atoms with Crippen LogP contribution in [0, 0.1) is 0 Å². The molecular formula is C26H25N3O. The lowest BCUT2D eigenvalue weighted by Crippen LogP contribution is -2.26. The molecule has 0 atom stereocenters. The lowest BCUT2D eigenvalue weighted by molar-refractivity contribution is -0.120. The summed E-state index contributed by atoms with van der Waals surface area (Å²) in [6.07, 6.45) is 5.06. The highest BCUT2D eigenvalue weighted by atomic mass is 16.1. The Bertz CT molecular complexity index is 1070. The smallest absolute Gasteiger partial charge is 0.224 e. The Morgan fingerprint density at radius 3 is 2.13 bits per heavy atom. The maximum Gasteiger partial charge on any atom is 0.224 e. The van der Waals surface area contributed by atoms with Gasteiger partial charge in [-0.3, -0.25) is 4.79 Å². The van der Waals surface area contributed by atoms with Gasteiger partial charge in [0.15, 0.2) is 0 Å². The molecule has 0 radical (unpaired) electrons. The number of benzene rings is 3. The molecule has 4 aromatic rings. The number of aromatic nitrogens is 2. The predicted molar refractivity (Wildman–Crippen MR) is 121 cm³/mol. The Hall–Kier alpha value is -3.66. The summed E-state index contributed by atoms with van der Waals surface area (Å²) in [5, 5.41) is 3.03. The van der Waals surface area contributed by atoms with Gasteiger partial charge >= 0.3 is 0 Å². The molecule has 0 saturated carbocycles. The molecule has 1 heterocycles. The second-order valence-electron chi connectivity index (χ2n) is 7.25. The van der Waals surface area contributed by atoms with Crippen LogP contribution in [0.5, 0.6) is 0 Å². The van der Waals surface area contributed by atoms with Gasteiger partial charge in [-0.1, -0.05) is 84.9 Å². The minimum atomic E-state index is 0.0522. The molecule has 0 unspecified atom stereocenters. The zero-order chi connectivity index (χ0) is 20.6. The summed E-state index contributed by atoms with van der Waals surface area (Å²) in [5.74, 6) is 1.01. The lowest BCUT2D eigenvalue weighted by Gasteiger charge is -2.09. The first-order valence-corrected chi connectivity index (χ1v) is 10.3. The molecule has 4 nitrogen and oxygen atoms in total. The van der Waals surface area contributed by atoms with Crippen LogP contribution < -0.4 is 5.32 Å². The number of nitrogens with zero attached hydrogens (tertiary/aromatic N) is 2. The molecule has 4 heteroatoms. The first-order chi connectivity index (χ1) is 14.8. The molecule has 0 bridgehead atoms. The molecule has 1 aromatic heterocycles. The van der Waals surface area contributed by atoms with Gasteiger partial charge in [0.1, 0.15) is 5.82 Å². The second-order valence-corrected chi connectivity index (χ2v) is 7.25. The quantitative estimate of drug-likeness (QED) is 0.428. The Morgan fingerprint density at radius 1 is 0.800 bits per heavy atom. The maximum absolute atomic E-state index is 12.3. The molecule has 1 amide bonds. The van der Waals surface area contributed by atoms with Gasteiger partial charge in [-0.2, -0.15) is 0 Å². The number of rotatable bonds is 8. The van der Waals surface area contributed by atoms with E-state index in [4.69, 9.17) is 0 Å². The summed E-state index contributed by atoms with van der Waals surface area (Å²) in [7, 11) is 0. The fourth-order valence-electron chi connectivity index (χ4n) is 3.51. The van der Waals surface area contributed by atoms with Gasteiger partial charge in [0.05, 0.1) is 6.42 Å². The van der Waals surface area contributed by atoms with E-state index in [0.29, 0.717) is 13.0 Å². The fraction of sp³-hybridized carbons (Fsp3) is 0.154. The molecule has 0 aliphatic carbocycles. The first kappa shape index (κ1) is 19.6. The highest BCUT2D eigenvalue weighted by molar-refractivity contribution is 5.78. The van der Waals surface area contributed by atoms with Crippen LogP contribution in [0.3, 0.4) is 0 Å². The van der Waals surface area contributed by atoms with Gasteiger partial charge in [0, 0.05) is 31.0 Å². The standard InChI is InChI=1S/C26H25N3O/c30-25(20-21-12-14-23(15-13-21)22-8-3-1-4-9-22)27-16-7-18-29-19-17-28-26(29)24-10-5-2-6-11-24/h1-6,8-15,17,19H,7,16,18,20H2,(H,27,30). The lowest BCUT2D eigenvalue weighted by atomic mass is 10.0. The molecule has 0 fully saturated rings. The third-order valence-electron chi connectivity index (χ3n) is 5.07. The van der Waals surface area contributed by atoms with Crippen molar-refractivity contribution in [2.24, 2.45) is 0 Å². The van der Waals surface area contributed by atoms with Crippen LogP contribution in [0.15, 0.2) is 97.3 Å². The zero-order valence-electron chi connectivity index (χ0n) is 16.9. The van der Waals surface area contributed by atoms with E-state index in [0.717, 1.165) is 35.5 Å². The number of imidazole rings is 1. The number of nitrogens with one attached hydrogen (secondary N) is 1. The number of amides is 1. The van der Waals surface area contributed by atoms with Crippen LogP contribution in [-0.2, 0) is 17.8 Å². The summed E-state index contributed by atoms with van der Waals surface area (Å²) >= 11 is 0. The van der Waals surface area contributed by atoms with Crippen molar-refractivity contribution in [1.29, 1.82) is 0 Å². The predicted octanol–water partition coefficient (Wildman–Crippen LogP) is 4.97. The molecule has 150 valence electrons. The van der Waals surface area contributed by atoms with E-state index in [1.165, 1.54) is 5.56 Å². The van der Waals surface area contributed by atoms with Crippen LogP contribution >= 0.6 is 0 Å². The van der Waals surface area contributed by atoms with Crippen LogP contribution in [-0.4, -0.2) is 22.0 Å². The molecular weight excluding hydrogens is 370 g/mol. The normalized spacial score (nSPS) is 10.7. The minimum Gasteiger partial charge on any atom is -0.356 e. The highest BCUT2D eigenvalue weighted by Crippen LogP contribution is 2.19. The third-order valence-corrected chi connectivity index (χ3v) is 5.07. The van der Waals surface area contributed by atoms with Crippen molar-refractivity contribution in [1.82, 2.24) is 14.9 Å². The van der Waals surface area contributed by atoms with E-state index >= 15 is 0 Å². The van der Waals surface area contributed by atoms with Crippen molar-refractivity contribution in [2.75, 3.05) is 6.54 Å². The van der Waals surface area contributed by atoms with Crippen LogP contribution in [0.2, 0.25) is 0 Å². The van der Waals surface area contributed by atoms with Crippen molar-refractivity contribution in [3.63, 3.8) is 0 Å². The minimum absolute atomic E-state index is 0.0522. The van der Waals surface area contributed by atoms with E-state index in [-0.39, 0.29) is 5.91 Å².